The molecule has 2 aromatic rings. The van der Waals surface area contributed by atoms with Gasteiger partial charge in [0.2, 0.25) is 17.6 Å². The molecule has 0 N–H and O–H groups in total. The number of hydrogen-bond donors (Lipinski definition) is 0. The molecule has 1 aliphatic heterocycles. The molecular formula is C26H24ClNO5. The minimum atomic E-state index is -1.04. The molecule has 0 radical (unpaired) electrons. The summed E-state index contributed by atoms with van der Waals surface area (Å²) >= 11 is 5.85. The Hall–Kier alpha value is -2.99. The van der Waals surface area contributed by atoms with Crippen molar-refractivity contribution in [2.75, 3.05) is 6.54 Å². The maximum absolute atomic E-state index is 13.2. The number of ether oxygens (including phenoxy) is 1. The topological polar surface area (TPSA) is 80.8 Å². The van der Waals surface area contributed by atoms with Gasteiger partial charge in [-0.15, -0.1) is 0 Å². The lowest BCUT2D eigenvalue weighted by molar-refractivity contribution is -0.155. The van der Waals surface area contributed by atoms with Crippen molar-refractivity contribution in [2.24, 2.45) is 23.7 Å². The fraction of sp³-hybridized carbons (Fsp3) is 0.385. The Kier molecular flexibility index (Phi) is 5.57. The van der Waals surface area contributed by atoms with Crippen LogP contribution >= 0.6 is 11.6 Å². The van der Waals surface area contributed by atoms with Crippen LogP contribution in [0.15, 0.2) is 54.6 Å². The van der Waals surface area contributed by atoms with Gasteiger partial charge >= 0.3 is 5.97 Å². The van der Waals surface area contributed by atoms with Crippen molar-refractivity contribution in [3.05, 3.63) is 70.7 Å². The molecule has 2 bridgehead atoms. The lowest BCUT2D eigenvalue weighted by Crippen LogP contribution is -2.39. The van der Waals surface area contributed by atoms with Gasteiger partial charge in [-0.1, -0.05) is 41.9 Å². The SMILES string of the molecule is C[C@@H](OC(=O)CN1C(=O)[C@@H]2[C@H]3C[C@@H]([C@@H]2C1=O)[C@H](c1ccccc1)C3)C(=O)c1ccc(Cl)cc1. The van der Waals surface area contributed by atoms with Crippen molar-refractivity contribution < 1.29 is 23.9 Å². The highest BCUT2D eigenvalue weighted by Crippen LogP contribution is 2.61. The molecule has 2 amide bonds. The Balaban J connectivity index is 1.24. The summed E-state index contributed by atoms with van der Waals surface area (Å²) < 4.78 is 5.27. The standard InChI is InChI=1S/C26H24ClNO5/c1-14(24(30)16-7-9-18(27)10-8-16)33-21(29)13-28-25(31)22-17-11-19(15-5-3-2-4-6-15)20(12-17)23(22)26(28)32/h2-10,14,17,19-20,22-23H,11-13H2,1H3/t14-,17-,19+,20-,22-,23+/m1/s1. The van der Waals surface area contributed by atoms with Gasteiger partial charge in [-0.25, -0.2) is 0 Å². The van der Waals surface area contributed by atoms with Crippen LogP contribution in [0.3, 0.4) is 0 Å². The number of nitrogens with zero attached hydrogens (tertiary/aromatic N) is 1. The molecule has 6 atom stereocenters. The first kappa shape index (κ1) is 21.8. The number of amides is 2. The van der Waals surface area contributed by atoms with Crippen LogP contribution in [0, 0.1) is 23.7 Å². The number of carbonyl (C=O) groups is 4. The maximum atomic E-state index is 13.2. The van der Waals surface area contributed by atoms with Gasteiger partial charge in [0.25, 0.3) is 0 Å². The Labute approximate surface area is 196 Å². The van der Waals surface area contributed by atoms with E-state index in [1.165, 1.54) is 12.5 Å². The third-order valence-electron chi connectivity index (χ3n) is 7.43. The van der Waals surface area contributed by atoms with Crippen molar-refractivity contribution in [1.29, 1.82) is 0 Å². The number of benzene rings is 2. The maximum Gasteiger partial charge on any atom is 0.326 e. The fourth-order valence-corrected chi connectivity index (χ4v) is 6.15. The second-order valence-electron chi connectivity index (χ2n) is 9.23. The average molecular weight is 466 g/mol. The molecule has 0 spiro atoms. The van der Waals surface area contributed by atoms with Crippen LogP contribution in [0.1, 0.15) is 41.6 Å². The number of likely N-dealkylation sites (tertiary alicyclic amines) is 1. The van der Waals surface area contributed by atoms with E-state index in [0.717, 1.165) is 17.7 Å². The van der Waals surface area contributed by atoms with Gasteiger partial charge in [-0.2, -0.15) is 0 Å². The van der Waals surface area contributed by atoms with Crippen molar-refractivity contribution in [3.8, 4) is 0 Å². The number of ketones is 1. The van der Waals surface area contributed by atoms with Crippen LogP contribution in [0.4, 0.5) is 0 Å². The number of halogens is 1. The highest BCUT2D eigenvalue weighted by molar-refractivity contribution is 6.30. The van der Waals surface area contributed by atoms with Crippen molar-refractivity contribution in [2.45, 2.75) is 31.8 Å². The Morgan fingerprint density at radius 1 is 1.00 bits per heavy atom. The normalized spacial score (nSPS) is 28.7. The molecule has 2 saturated carbocycles. The number of fused-ring (bicyclic) bond motifs is 5. The molecule has 1 saturated heterocycles. The van der Waals surface area contributed by atoms with Gasteiger partial charge in [0.15, 0.2) is 6.10 Å². The van der Waals surface area contributed by atoms with Crippen LogP contribution in [0.5, 0.6) is 0 Å². The molecule has 170 valence electrons. The minimum Gasteiger partial charge on any atom is -0.453 e. The van der Waals surface area contributed by atoms with E-state index in [9.17, 15) is 19.2 Å². The first-order valence-electron chi connectivity index (χ1n) is 11.2. The number of hydrogen-bond acceptors (Lipinski definition) is 5. The molecular weight excluding hydrogens is 442 g/mol. The van der Waals surface area contributed by atoms with Crippen LogP contribution in [0.25, 0.3) is 0 Å². The summed E-state index contributed by atoms with van der Waals surface area (Å²) in [7, 11) is 0. The highest BCUT2D eigenvalue weighted by atomic mass is 35.5. The predicted octanol–water partition coefficient (Wildman–Crippen LogP) is 3.88. The largest absolute Gasteiger partial charge is 0.453 e. The monoisotopic (exact) mass is 465 g/mol. The van der Waals surface area contributed by atoms with Crippen LogP contribution in [-0.4, -0.2) is 41.1 Å². The van der Waals surface area contributed by atoms with Crippen molar-refractivity contribution in [3.63, 3.8) is 0 Å². The molecule has 5 rings (SSSR count). The Bertz CT molecular complexity index is 1120. The summed E-state index contributed by atoms with van der Waals surface area (Å²) in [4.78, 5) is 52.3. The lowest BCUT2D eigenvalue weighted by Gasteiger charge is -2.28. The van der Waals surface area contributed by atoms with Gasteiger partial charge in [0.05, 0.1) is 11.8 Å². The molecule has 6 nitrogen and oxygen atoms in total. The third-order valence-corrected chi connectivity index (χ3v) is 7.68. The summed E-state index contributed by atoms with van der Waals surface area (Å²) in [5.41, 5.74) is 1.57. The molecule has 7 heteroatoms. The molecule has 2 aromatic carbocycles. The van der Waals surface area contributed by atoms with Crippen LogP contribution in [-0.2, 0) is 19.1 Å². The smallest absolute Gasteiger partial charge is 0.326 e. The third kappa shape index (κ3) is 3.76. The van der Waals surface area contributed by atoms with Crippen LogP contribution in [0.2, 0.25) is 5.02 Å². The van der Waals surface area contributed by atoms with E-state index in [1.54, 1.807) is 24.3 Å². The number of Topliss-reactive ketones (excluding diaryl/α,β-unsaturated/α-hetero) is 1. The van der Waals surface area contributed by atoms with E-state index in [2.05, 4.69) is 12.1 Å². The zero-order valence-corrected chi connectivity index (χ0v) is 18.9. The lowest BCUT2D eigenvalue weighted by atomic mass is 9.73. The van der Waals surface area contributed by atoms with Crippen LogP contribution < -0.4 is 0 Å². The Morgan fingerprint density at radius 3 is 2.36 bits per heavy atom. The van der Waals surface area contributed by atoms with Gasteiger partial charge in [-0.05, 0) is 67.3 Å². The molecule has 0 unspecified atom stereocenters. The molecule has 0 aromatic heterocycles. The zero-order valence-electron chi connectivity index (χ0n) is 18.1. The molecule has 2 aliphatic carbocycles. The first-order valence-corrected chi connectivity index (χ1v) is 11.6. The summed E-state index contributed by atoms with van der Waals surface area (Å²) in [6.07, 6.45) is 0.724. The highest BCUT2D eigenvalue weighted by Gasteiger charge is 2.64. The first-order chi connectivity index (χ1) is 15.8. The number of imide groups is 1. The molecule has 3 aliphatic rings. The zero-order chi connectivity index (χ0) is 23.3. The van der Waals surface area contributed by atoms with E-state index in [0.29, 0.717) is 10.6 Å². The average Bonchev–Trinajstić information content (AvgIpc) is 3.47. The summed E-state index contributed by atoms with van der Waals surface area (Å²) in [6.45, 7) is 1.01. The Morgan fingerprint density at radius 2 is 1.67 bits per heavy atom. The van der Waals surface area contributed by atoms with E-state index in [1.807, 2.05) is 18.2 Å². The van der Waals surface area contributed by atoms with Gasteiger partial charge in [-0.3, -0.25) is 24.1 Å². The van der Waals surface area contributed by atoms with E-state index < -0.39 is 18.6 Å². The second-order valence-corrected chi connectivity index (χ2v) is 9.67. The van der Waals surface area contributed by atoms with Crippen molar-refractivity contribution in [1.82, 2.24) is 4.90 Å². The van der Waals surface area contributed by atoms with Gasteiger partial charge in [0.1, 0.15) is 6.54 Å². The summed E-state index contributed by atoms with van der Waals surface area (Å²) in [5, 5.41) is 0.497. The molecule has 1 heterocycles. The predicted molar refractivity (Wildman–Crippen MR) is 120 cm³/mol. The molecule has 33 heavy (non-hydrogen) atoms. The summed E-state index contributed by atoms with van der Waals surface area (Å²) in [5.74, 6) is -1.88. The van der Waals surface area contributed by atoms with Crippen molar-refractivity contribution >= 4 is 35.2 Å². The van der Waals surface area contributed by atoms with Gasteiger partial charge < -0.3 is 4.74 Å². The minimum absolute atomic E-state index is 0.116. The number of carbonyl (C=O) groups excluding carboxylic acids is 4. The van der Waals surface area contributed by atoms with E-state index >= 15 is 0 Å². The summed E-state index contributed by atoms with van der Waals surface area (Å²) in [6, 6.07) is 16.4. The number of esters is 1. The second kappa shape index (κ2) is 8.41. The quantitative estimate of drug-likeness (QED) is 0.367. The van der Waals surface area contributed by atoms with Gasteiger partial charge in [0, 0.05) is 10.6 Å². The van der Waals surface area contributed by atoms with E-state index in [4.69, 9.17) is 16.3 Å². The fourth-order valence-electron chi connectivity index (χ4n) is 6.03. The molecule has 3 fully saturated rings. The van der Waals surface area contributed by atoms with E-state index in [-0.39, 0.29) is 47.2 Å². The number of rotatable bonds is 6.